The van der Waals surface area contributed by atoms with E-state index in [1.54, 1.807) is 6.07 Å². The number of hydrogen-bond acceptors (Lipinski definition) is 5. The highest BCUT2D eigenvalue weighted by molar-refractivity contribution is 7.92. The predicted octanol–water partition coefficient (Wildman–Crippen LogP) is 3.88. The van der Waals surface area contributed by atoms with Gasteiger partial charge in [0.25, 0.3) is 10.0 Å². The molecule has 0 fully saturated rings. The number of benzene rings is 2. The summed E-state index contributed by atoms with van der Waals surface area (Å²) in [5, 5.41) is 5.95. The fraction of sp³-hybridized carbons (Fsp3) is 0. The maximum Gasteiger partial charge on any atom is 0.264 e. The Labute approximate surface area is 171 Å². The van der Waals surface area contributed by atoms with E-state index >= 15 is 0 Å². The van der Waals surface area contributed by atoms with E-state index in [1.165, 1.54) is 48.8 Å². The molecule has 0 saturated heterocycles. The van der Waals surface area contributed by atoms with E-state index in [0.717, 1.165) is 6.07 Å². The lowest BCUT2D eigenvalue weighted by Crippen LogP contribution is -2.20. The van der Waals surface area contributed by atoms with Crippen molar-refractivity contribution in [3.8, 4) is 0 Å². The molecule has 3 aromatic rings. The number of rotatable bonds is 5. The number of nitrogens with one attached hydrogen (secondary N) is 3. The molecule has 3 N–H and O–H groups in total. The van der Waals surface area contributed by atoms with Crippen LogP contribution < -0.4 is 15.4 Å². The first-order valence-electron chi connectivity index (χ1n) is 7.76. The van der Waals surface area contributed by atoms with Crippen molar-refractivity contribution in [1.29, 1.82) is 0 Å². The Balaban J connectivity index is 1.66. The standard InChI is InChI=1S/C17H13ClFN5O2S2/c18-11-2-7-15(14(19)10-11)23-17(27)22-12-3-5-13(6-4-12)28(25,26)24-16-20-8-1-9-21-16/h1-10H,(H,20,21,24)(H2,22,23,27). The number of hydrogen-bond donors (Lipinski definition) is 3. The summed E-state index contributed by atoms with van der Waals surface area (Å²) in [6.45, 7) is 0. The van der Waals surface area contributed by atoms with Gasteiger partial charge in [0.05, 0.1) is 10.6 Å². The van der Waals surface area contributed by atoms with E-state index in [9.17, 15) is 12.8 Å². The normalized spacial score (nSPS) is 10.9. The Bertz CT molecular complexity index is 1100. The van der Waals surface area contributed by atoms with Crippen molar-refractivity contribution in [3.63, 3.8) is 0 Å². The molecule has 11 heteroatoms. The van der Waals surface area contributed by atoms with Crippen molar-refractivity contribution >= 4 is 56.3 Å². The second-order valence-corrected chi connectivity index (χ2v) is 7.93. The van der Waals surface area contributed by atoms with Crippen molar-refractivity contribution in [2.75, 3.05) is 15.4 Å². The Kier molecular flexibility index (Phi) is 6.02. The molecule has 0 saturated carbocycles. The molecule has 0 aliphatic carbocycles. The highest BCUT2D eigenvalue weighted by Crippen LogP contribution is 2.20. The largest absolute Gasteiger partial charge is 0.332 e. The minimum atomic E-state index is -3.83. The number of sulfonamides is 1. The maximum atomic E-state index is 13.8. The quantitative estimate of drug-likeness (QED) is 0.521. The lowest BCUT2D eigenvalue weighted by Gasteiger charge is -2.12. The van der Waals surface area contributed by atoms with Gasteiger partial charge in [0, 0.05) is 23.1 Å². The average Bonchev–Trinajstić information content (AvgIpc) is 2.65. The van der Waals surface area contributed by atoms with Gasteiger partial charge in [-0.3, -0.25) is 0 Å². The summed E-state index contributed by atoms with van der Waals surface area (Å²) in [5.74, 6) is -0.577. The van der Waals surface area contributed by atoms with Gasteiger partial charge >= 0.3 is 0 Å². The van der Waals surface area contributed by atoms with Crippen LogP contribution in [0.3, 0.4) is 0 Å². The molecular weight excluding hydrogens is 425 g/mol. The van der Waals surface area contributed by atoms with E-state index in [-0.39, 0.29) is 26.7 Å². The molecule has 0 radical (unpaired) electrons. The number of halogens is 2. The minimum Gasteiger partial charge on any atom is -0.332 e. The second-order valence-electron chi connectivity index (χ2n) is 5.41. The number of aromatic nitrogens is 2. The smallest absolute Gasteiger partial charge is 0.264 e. The molecule has 0 unspecified atom stereocenters. The zero-order chi connectivity index (χ0) is 20.1. The van der Waals surface area contributed by atoms with Gasteiger partial charge in [0.1, 0.15) is 5.82 Å². The van der Waals surface area contributed by atoms with Gasteiger partial charge in [-0.25, -0.2) is 27.5 Å². The maximum absolute atomic E-state index is 13.8. The molecule has 1 heterocycles. The van der Waals surface area contributed by atoms with Crippen LogP contribution >= 0.6 is 23.8 Å². The summed E-state index contributed by atoms with van der Waals surface area (Å²) in [7, 11) is -3.83. The van der Waals surface area contributed by atoms with Crippen molar-refractivity contribution in [3.05, 3.63) is 71.8 Å². The third kappa shape index (κ3) is 5.12. The summed E-state index contributed by atoms with van der Waals surface area (Å²) in [5.41, 5.74) is 0.676. The van der Waals surface area contributed by atoms with Crippen LogP contribution in [0.2, 0.25) is 5.02 Å². The topological polar surface area (TPSA) is 96.0 Å². The third-order valence-corrected chi connectivity index (χ3v) is 5.18. The zero-order valence-electron chi connectivity index (χ0n) is 14.1. The zero-order valence-corrected chi connectivity index (χ0v) is 16.4. The molecule has 0 aliphatic heterocycles. The summed E-state index contributed by atoms with van der Waals surface area (Å²) >= 11 is 10.8. The van der Waals surface area contributed by atoms with E-state index in [4.69, 9.17) is 23.8 Å². The first-order chi connectivity index (χ1) is 13.3. The lowest BCUT2D eigenvalue weighted by atomic mass is 10.3. The van der Waals surface area contributed by atoms with Gasteiger partial charge in [-0.05, 0) is 60.7 Å². The van der Waals surface area contributed by atoms with Crippen LogP contribution in [0, 0.1) is 5.82 Å². The summed E-state index contributed by atoms with van der Waals surface area (Å²) in [6, 6.07) is 11.5. The van der Waals surface area contributed by atoms with Gasteiger partial charge < -0.3 is 10.6 Å². The number of nitrogens with zero attached hydrogens (tertiary/aromatic N) is 2. The van der Waals surface area contributed by atoms with Crippen molar-refractivity contribution in [2.24, 2.45) is 0 Å². The van der Waals surface area contributed by atoms with E-state index in [1.807, 2.05) is 0 Å². The average molecular weight is 438 g/mol. The molecule has 0 bridgehead atoms. The van der Waals surface area contributed by atoms with Crippen molar-refractivity contribution in [2.45, 2.75) is 4.90 Å². The van der Waals surface area contributed by atoms with Gasteiger partial charge in [0.15, 0.2) is 5.11 Å². The SMILES string of the molecule is O=S(=O)(Nc1ncccn1)c1ccc(NC(=S)Nc2ccc(Cl)cc2F)cc1. The van der Waals surface area contributed by atoms with Crippen LogP contribution in [-0.4, -0.2) is 23.5 Å². The first kappa shape index (κ1) is 19.9. The number of thiocarbonyl (C=S) groups is 1. The fourth-order valence-electron chi connectivity index (χ4n) is 2.12. The molecule has 2 aromatic carbocycles. The highest BCUT2D eigenvalue weighted by atomic mass is 35.5. The van der Waals surface area contributed by atoms with Crippen LogP contribution in [0.4, 0.5) is 21.7 Å². The highest BCUT2D eigenvalue weighted by Gasteiger charge is 2.15. The van der Waals surface area contributed by atoms with Crippen LogP contribution in [-0.2, 0) is 10.0 Å². The lowest BCUT2D eigenvalue weighted by molar-refractivity contribution is 0.601. The van der Waals surface area contributed by atoms with E-state index in [2.05, 4.69) is 25.3 Å². The second kappa shape index (κ2) is 8.46. The third-order valence-electron chi connectivity index (χ3n) is 3.39. The molecular formula is C17H13ClFN5O2S2. The summed E-state index contributed by atoms with van der Waals surface area (Å²) < 4.78 is 40.7. The van der Waals surface area contributed by atoms with Gasteiger partial charge in [-0.15, -0.1) is 0 Å². The fourth-order valence-corrected chi connectivity index (χ4v) is 3.47. The minimum absolute atomic E-state index is 0.0214. The molecule has 3 rings (SSSR count). The first-order valence-corrected chi connectivity index (χ1v) is 10.0. The van der Waals surface area contributed by atoms with Crippen LogP contribution in [0.15, 0.2) is 65.8 Å². The monoisotopic (exact) mass is 437 g/mol. The van der Waals surface area contributed by atoms with Crippen molar-refractivity contribution < 1.29 is 12.8 Å². The van der Waals surface area contributed by atoms with Gasteiger partial charge in [-0.2, -0.15) is 0 Å². The molecule has 0 aliphatic rings. The van der Waals surface area contributed by atoms with E-state index < -0.39 is 15.8 Å². The molecule has 28 heavy (non-hydrogen) atoms. The Morgan fingerprint density at radius 1 is 1.04 bits per heavy atom. The molecule has 1 aromatic heterocycles. The van der Waals surface area contributed by atoms with Gasteiger partial charge in [-0.1, -0.05) is 11.6 Å². The predicted molar refractivity (Wildman–Crippen MR) is 111 cm³/mol. The van der Waals surface area contributed by atoms with Crippen molar-refractivity contribution in [1.82, 2.24) is 9.97 Å². The van der Waals surface area contributed by atoms with Crippen LogP contribution in [0.5, 0.6) is 0 Å². The molecule has 0 amide bonds. The molecule has 0 atom stereocenters. The Hall–Kier alpha value is -2.82. The number of anilines is 3. The van der Waals surface area contributed by atoms with Gasteiger partial charge in [0.2, 0.25) is 5.95 Å². The van der Waals surface area contributed by atoms with E-state index in [0.29, 0.717) is 5.69 Å². The van der Waals surface area contributed by atoms with Crippen LogP contribution in [0.25, 0.3) is 0 Å². The molecule has 7 nitrogen and oxygen atoms in total. The summed E-state index contributed by atoms with van der Waals surface area (Å²) in [4.78, 5) is 7.66. The Morgan fingerprint density at radius 2 is 1.71 bits per heavy atom. The Morgan fingerprint density at radius 3 is 2.36 bits per heavy atom. The molecule has 144 valence electrons. The summed E-state index contributed by atoms with van der Waals surface area (Å²) in [6.07, 6.45) is 2.85. The molecule has 0 spiro atoms. The van der Waals surface area contributed by atoms with Crippen LogP contribution in [0.1, 0.15) is 0 Å².